The summed E-state index contributed by atoms with van der Waals surface area (Å²) in [5.74, 6) is 1.55. The maximum absolute atomic E-state index is 11.8. The SMILES string of the molecule is CC(C)c1ccccc1-c1c(OC(=O)O)n(CCCOc2cccc3c2CCCC3)c2ccc(O)cc12. The maximum atomic E-state index is 11.8. The minimum absolute atomic E-state index is 0.118. The summed E-state index contributed by atoms with van der Waals surface area (Å²) in [6, 6.07) is 19.3. The monoisotopic (exact) mass is 499 g/mol. The van der Waals surface area contributed by atoms with E-state index in [1.54, 1.807) is 12.1 Å². The van der Waals surface area contributed by atoms with E-state index < -0.39 is 6.16 Å². The average Bonchev–Trinajstić information content (AvgIpc) is 3.17. The molecule has 0 radical (unpaired) electrons. The number of hydrogen-bond donors (Lipinski definition) is 2. The number of aromatic nitrogens is 1. The quantitative estimate of drug-likeness (QED) is 0.193. The lowest BCUT2D eigenvalue weighted by atomic mass is 9.91. The van der Waals surface area contributed by atoms with E-state index in [1.807, 2.05) is 41.0 Å². The van der Waals surface area contributed by atoms with Gasteiger partial charge in [-0.05, 0) is 84.5 Å². The van der Waals surface area contributed by atoms with Gasteiger partial charge in [-0.2, -0.15) is 0 Å². The predicted octanol–water partition coefficient (Wildman–Crippen LogP) is 7.54. The van der Waals surface area contributed by atoms with E-state index in [-0.39, 0.29) is 17.5 Å². The topological polar surface area (TPSA) is 80.9 Å². The first-order valence-corrected chi connectivity index (χ1v) is 13.0. The van der Waals surface area contributed by atoms with Crippen LogP contribution in [0.5, 0.6) is 17.4 Å². The van der Waals surface area contributed by atoms with Gasteiger partial charge in [0.2, 0.25) is 5.88 Å². The zero-order valence-electron chi connectivity index (χ0n) is 21.4. The molecule has 0 bridgehead atoms. The molecule has 3 aromatic carbocycles. The van der Waals surface area contributed by atoms with Crippen molar-refractivity contribution in [1.82, 2.24) is 4.57 Å². The summed E-state index contributed by atoms with van der Waals surface area (Å²) < 4.78 is 13.5. The van der Waals surface area contributed by atoms with Crippen LogP contribution in [0, 0.1) is 0 Å². The molecule has 1 aliphatic carbocycles. The second-order valence-corrected chi connectivity index (χ2v) is 9.95. The Morgan fingerprint density at radius 2 is 1.84 bits per heavy atom. The number of fused-ring (bicyclic) bond motifs is 2. The second kappa shape index (κ2) is 10.6. The smallest absolute Gasteiger partial charge is 0.508 e. The van der Waals surface area contributed by atoms with Crippen molar-refractivity contribution in [1.29, 1.82) is 0 Å². The van der Waals surface area contributed by atoms with Crippen LogP contribution in [0.25, 0.3) is 22.0 Å². The van der Waals surface area contributed by atoms with Gasteiger partial charge in [0.1, 0.15) is 11.5 Å². The zero-order chi connectivity index (χ0) is 25.9. The molecule has 0 spiro atoms. The molecule has 1 aliphatic rings. The first-order valence-electron chi connectivity index (χ1n) is 13.0. The summed E-state index contributed by atoms with van der Waals surface area (Å²) in [5.41, 5.74) is 6.16. The highest BCUT2D eigenvalue weighted by atomic mass is 16.7. The Morgan fingerprint density at radius 1 is 1.03 bits per heavy atom. The number of ether oxygens (including phenoxy) is 2. The number of rotatable bonds is 8. The largest absolute Gasteiger partial charge is 0.512 e. The van der Waals surface area contributed by atoms with Crippen LogP contribution in [0.3, 0.4) is 0 Å². The van der Waals surface area contributed by atoms with E-state index in [0.29, 0.717) is 25.1 Å². The van der Waals surface area contributed by atoms with Gasteiger partial charge in [0.05, 0.1) is 17.7 Å². The molecular formula is C31H33NO5. The zero-order valence-corrected chi connectivity index (χ0v) is 21.4. The van der Waals surface area contributed by atoms with E-state index >= 15 is 0 Å². The van der Waals surface area contributed by atoms with Crippen molar-refractivity contribution in [3.8, 4) is 28.5 Å². The molecule has 0 saturated carbocycles. The van der Waals surface area contributed by atoms with Gasteiger partial charge in [-0.1, -0.05) is 50.2 Å². The normalized spacial score (nSPS) is 13.1. The Labute approximate surface area is 217 Å². The molecule has 4 aromatic rings. The van der Waals surface area contributed by atoms with Crippen LogP contribution >= 0.6 is 0 Å². The van der Waals surface area contributed by atoms with Gasteiger partial charge < -0.3 is 24.3 Å². The first kappa shape index (κ1) is 24.8. The molecule has 6 nitrogen and oxygen atoms in total. The average molecular weight is 500 g/mol. The Balaban J connectivity index is 1.50. The predicted molar refractivity (Wildman–Crippen MR) is 145 cm³/mol. The molecule has 0 saturated heterocycles. The third-order valence-electron chi connectivity index (χ3n) is 7.17. The molecular weight excluding hydrogens is 466 g/mol. The fourth-order valence-electron chi connectivity index (χ4n) is 5.50. The van der Waals surface area contributed by atoms with Crippen LogP contribution in [-0.4, -0.2) is 27.5 Å². The highest BCUT2D eigenvalue weighted by Gasteiger charge is 2.25. The van der Waals surface area contributed by atoms with Crippen molar-refractivity contribution in [2.24, 2.45) is 0 Å². The minimum atomic E-state index is -1.37. The summed E-state index contributed by atoms with van der Waals surface area (Å²) in [5, 5.41) is 20.7. The Morgan fingerprint density at radius 3 is 2.65 bits per heavy atom. The fraction of sp³-hybridized carbons (Fsp3) is 0.323. The molecule has 0 fully saturated rings. The Kier molecular flexibility index (Phi) is 7.08. The molecule has 0 amide bonds. The van der Waals surface area contributed by atoms with Crippen molar-refractivity contribution < 1.29 is 24.5 Å². The molecule has 37 heavy (non-hydrogen) atoms. The summed E-state index contributed by atoms with van der Waals surface area (Å²) in [7, 11) is 0. The minimum Gasteiger partial charge on any atom is -0.508 e. The molecule has 1 aromatic heterocycles. The van der Waals surface area contributed by atoms with Gasteiger partial charge in [0.25, 0.3) is 0 Å². The standard InChI is InChI=1S/C31H33NO5/c1-20(2)23-11-5-6-13-25(23)29-26-19-22(33)15-16-27(26)32(30(29)37-31(34)35)17-8-18-36-28-14-7-10-21-9-3-4-12-24(21)28/h5-7,10-11,13-16,19-20,33H,3-4,8-9,12,17-18H2,1-2H3,(H,34,35). The van der Waals surface area contributed by atoms with Crippen LogP contribution in [0.1, 0.15) is 55.7 Å². The van der Waals surface area contributed by atoms with Crippen molar-refractivity contribution >= 4 is 17.1 Å². The van der Waals surface area contributed by atoms with Crippen LogP contribution in [0.15, 0.2) is 60.7 Å². The van der Waals surface area contributed by atoms with Gasteiger partial charge in [-0.3, -0.25) is 0 Å². The van der Waals surface area contributed by atoms with Gasteiger partial charge in [-0.25, -0.2) is 4.79 Å². The van der Waals surface area contributed by atoms with Crippen molar-refractivity contribution in [3.63, 3.8) is 0 Å². The van der Waals surface area contributed by atoms with E-state index in [4.69, 9.17) is 9.47 Å². The van der Waals surface area contributed by atoms with Crippen LogP contribution < -0.4 is 9.47 Å². The number of benzene rings is 3. The van der Waals surface area contributed by atoms with E-state index in [2.05, 4.69) is 26.0 Å². The van der Waals surface area contributed by atoms with E-state index in [0.717, 1.165) is 40.6 Å². The number of aryl methyl sites for hydroxylation is 2. The molecule has 0 atom stereocenters. The van der Waals surface area contributed by atoms with Crippen molar-refractivity contribution in [2.45, 2.75) is 58.4 Å². The molecule has 192 valence electrons. The first-order chi connectivity index (χ1) is 17.9. The van der Waals surface area contributed by atoms with Gasteiger partial charge in [0, 0.05) is 11.9 Å². The lowest BCUT2D eigenvalue weighted by Crippen LogP contribution is -2.12. The fourth-order valence-corrected chi connectivity index (χ4v) is 5.50. The number of phenols is 1. The molecule has 0 aliphatic heterocycles. The molecule has 2 N–H and O–H groups in total. The lowest BCUT2D eigenvalue weighted by Gasteiger charge is -2.19. The highest BCUT2D eigenvalue weighted by Crippen LogP contribution is 2.44. The van der Waals surface area contributed by atoms with Gasteiger partial charge >= 0.3 is 6.16 Å². The maximum Gasteiger partial charge on any atom is 0.512 e. The number of phenolic OH excluding ortho intramolecular Hbond substituents is 1. The third-order valence-corrected chi connectivity index (χ3v) is 7.17. The molecule has 0 unspecified atom stereocenters. The Bertz CT molecular complexity index is 1440. The second-order valence-electron chi connectivity index (χ2n) is 9.95. The summed E-state index contributed by atoms with van der Waals surface area (Å²) in [4.78, 5) is 11.8. The Hall–Kier alpha value is -3.93. The van der Waals surface area contributed by atoms with Gasteiger partial charge in [-0.15, -0.1) is 0 Å². The molecule has 5 rings (SSSR count). The number of carboxylic acid groups (broad SMARTS) is 1. The highest BCUT2D eigenvalue weighted by molar-refractivity contribution is 6.02. The summed E-state index contributed by atoms with van der Waals surface area (Å²) in [6.07, 6.45) is 3.85. The molecule has 6 heteroatoms. The van der Waals surface area contributed by atoms with Crippen molar-refractivity contribution in [2.75, 3.05) is 6.61 Å². The number of aromatic hydroxyl groups is 1. The van der Waals surface area contributed by atoms with E-state index in [9.17, 15) is 15.0 Å². The number of carbonyl (C=O) groups is 1. The van der Waals surface area contributed by atoms with E-state index in [1.165, 1.54) is 24.0 Å². The third kappa shape index (κ3) is 5.01. The van der Waals surface area contributed by atoms with Crippen molar-refractivity contribution in [3.05, 3.63) is 77.4 Å². The number of nitrogens with zero attached hydrogens (tertiary/aromatic N) is 1. The van der Waals surface area contributed by atoms with Crippen LogP contribution in [-0.2, 0) is 19.4 Å². The lowest BCUT2D eigenvalue weighted by molar-refractivity contribution is 0.141. The summed E-state index contributed by atoms with van der Waals surface area (Å²) in [6.45, 7) is 5.21. The van der Waals surface area contributed by atoms with Crippen LogP contribution in [0.4, 0.5) is 4.79 Å². The summed E-state index contributed by atoms with van der Waals surface area (Å²) >= 11 is 0. The van der Waals surface area contributed by atoms with Crippen LogP contribution in [0.2, 0.25) is 0 Å². The molecule has 1 heterocycles. The number of hydrogen-bond acceptors (Lipinski definition) is 4. The van der Waals surface area contributed by atoms with Gasteiger partial charge in [0.15, 0.2) is 0 Å².